The lowest BCUT2D eigenvalue weighted by Crippen LogP contribution is -2.27. The lowest BCUT2D eigenvalue weighted by Gasteiger charge is -2.13. The van der Waals surface area contributed by atoms with Crippen LogP contribution in [0, 0.1) is 0 Å². The van der Waals surface area contributed by atoms with Gasteiger partial charge in [-0.3, -0.25) is 10.0 Å². The summed E-state index contributed by atoms with van der Waals surface area (Å²) in [6.07, 6.45) is -2.74. The number of hydroxylamine groups is 1. The number of nitrogens with one attached hydrogen (secondary N) is 2. The molecule has 2 rings (SSSR count). The van der Waals surface area contributed by atoms with Gasteiger partial charge in [0.1, 0.15) is 5.82 Å². The normalized spacial score (nSPS) is 12.4. The zero-order valence-corrected chi connectivity index (χ0v) is 15.2. The number of nitrogens with zero attached hydrogens (tertiary/aromatic N) is 2. The first-order valence-corrected chi connectivity index (χ1v) is 8.61. The van der Waals surface area contributed by atoms with Crippen LogP contribution in [0.5, 0.6) is 0 Å². The number of imidazole rings is 1. The van der Waals surface area contributed by atoms with E-state index < -0.39 is 18.5 Å². The Morgan fingerprint density at radius 3 is 2.74 bits per heavy atom. The van der Waals surface area contributed by atoms with Crippen molar-refractivity contribution in [1.82, 2.24) is 20.3 Å². The van der Waals surface area contributed by atoms with Crippen molar-refractivity contribution in [3.8, 4) is 0 Å². The second-order valence-electron chi connectivity index (χ2n) is 6.46. The topological polar surface area (TPSA) is 79.2 Å². The highest BCUT2D eigenvalue weighted by atomic mass is 19.4. The maximum atomic E-state index is 12.6. The van der Waals surface area contributed by atoms with Crippen LogP contribution in [0.15, 0.2) is 24.3 Å². The molecule has 9 heteroatoms. The summed E-state index contributed by atoms with van der Waals surface area (Å²) in [7, 11) is 0. The fraction of sp³-hybridized carbons (Fsp3) is 0.444. The third kappa shape index (κ3) is 6.37. The number of halogens is 3. The number of fused-ring (bicyclic) bond motifs is 1. The number of aromatic nitrogens is 2. The van der Waals surface area contributed by atoms with Gasteiger partial charge < -0.3 is 9.88 Å². The third-order valence-corrected chi connectivity index (χ3v) is 3.91. The molecule has 0 atom stereocenters. The van der Waals surface area contributed by atoms with Crippen molar-refractivity contribution < 1.29 is 23.2 Å². The summed E-state index contributed by atoms with van der Waals surface area (Å²) in [5.41, 5.74) is 3.44. The molecule has 1 aromatic carbocycles. The van der Waals surface area contributed by atoms with E-state index in [-0.39, 0.29) is 12.5 Å². The molecule has 0 spiro atoms. The lowest BCUT2D eigenvalue weighted by atomic mass is 10.2. The number of carbonyl (C=O) groups is 1. The average Bonchev–Trinajstić information content (AvgIpc) is 2.94. The molecule has 1 aromatic heterocycles. The molecule has 0 aliphatic rings. The summed E-state index contributed by atoms with van der Waals surface area (Å²) < 4.78 is 39.7. The third-order valence-electron chi connectivity index (χ3n) is 3.91. The SMILES string of the molecule is CC(C)NCCn1c(CCC(F)(F)F)nc2cc(C=CC(=O)NO)ccc21. The van der Waals surface area contributed by atoms with Crippen LogP contribution in [0.3, 0.4) is 0 Å². The smallest absolute Gasteiger partial charge is 0.327 e. The molecule has 2 aromatic rings. The first-order valence-electron chi connectivity index (χ1n) is 8.61. The van der Waals surface area contributed by atoms with Gasteiger partial charge in [-0.05, 0) is 23.8 Å². The van der Waals surface area contributed by atoms with Crippen molar-refractivity contribution in [1.29, 1.82) is 0 Å². The molecular formula is C18H23F3N4O2. The van der Waals surface area contributed by atoms with Crippen LogP contribution in [0.2, 0.25) is 0 Å². The van der Waals surface area contributed by atoms with E-state index in [4.69, 9.17) is 5.21 Å². The number of hydrogen-bond acceptors (Lipinski definition) is 4. The lowest BCUT2D eigenvalue weighted by molar-refractivity contribution is -0.134. The summed E-state index contributed by atoms with van der Waals surface area (Å²) in [4.78, 5) is 15.5. The van der Waals surface area contributed by atoms with Gasteiger partial charge in [-0.2, -0.15) is 13.2 Å². The molecule has 0 unspecified atom stereocenters. The Bertz CT molecular complexity index is 813. The summed E-state index contributed by atoms with van der Waals surface area (Å²) >= 11 is 0. The van der Waals surface area contributed by atoms with Gasteiger partial charge in [0.05, 0.1) is 17.5 Å². The van der Waals surface area contributed by atoms with Crippen molar-refractivity contribution in [2.75, 3.05) is 6.54 Å². The van der Waals surface area contributed by atoms with Crippen LogP contribution < -0.4 is 10.8 Å². The van der Waals surface area contributed by atoms with E-state index in [9.17, 15) is 18.0 Å². The largest absolute Gasteiger partial charge is 0.389 e. The molecule has 0 fully saturated rings. The summed E-state index contributed by atoms with van der Waals surface area (Å²) in [6, 6.07) is 5.48. The van der Waals surface area contributed by atoms with E-state index in [1.54, 1.807) is 22.8 Å². The number of carbonyl (C=O) groups excluding carboxylic acids is 1. The number of rotatable bonds is 8. The van der Waals surface area contributed by atoms with Crippen LogP contribution in [0.25, 0.3) is 17.1 Å². The monoisotopic (exact) mass is 384 g/mol. The van der Waals surface area contributed by atoms with E-state index in [0.717, 1.165) is 11.6 Å². The first kappa shape index (κ1) is 20.9. The van der Waals surface area contributed by atoms with Gasteiger partial charge >= 0.3 is 6.18 Å². The number of alkyl halides is 3. The molecule has 0 saturated heterocycles. The molecule has 0 aliphatic carbocycles. The first-order chi connectivity index (χ1) is 12.7. The minimum Gasteiger partial charge on any atom is -0.327 e. The minimum atomic E-state index is -4.25. The predicted molar refractivity (Wildman–Crippen MR) is 96.2 cm³/mol. The Kier molecular flexibility index (Phi) is 6.98. The highest BCUT2D eigenvalue weighted by Crippen LogP contribution is 2.24. The van der Waals surface area contributed by atoms with Gasteiger partial charge in [-0.15, -0.1) is 0 Å². The molecular weight excluding hydrogens is 361 g/mol. The molecule has 0 aliphatic heterocycles. The van der Waals surface area contributed by atoms with Gasteiger partial charge in [0.25, 0.3) is 5.91 Å². The predicted octanol–water partition coefficient (Wildman–Crippen LogP) is 3.05. The van der Waals surface area contributed by atoms with Crippen LogP contribution in [0.4, 0.5) is 13.2 Å². The molecule has 6 nitrogen and oxygen atoms in total. The summed E-state index contributed by atoms with van der Waals surface area (Å²) in [6.45, 7) is 5.11. The molecule has 0 bridgehead atoms. The fourth-order valence-corrected chi connectivity index (χ4v) is 2.67. The van der Waals surface area contributed by atoms with Crippen LogP contribution in [0.1, 0.15) is 31.7 Å². The Morgan fingerprint density at radius 2 is 2.11 bits per heavy atom. The van der Waals surface area contributed by atoms with E-state index in [0.29, 0.717) is 30.0 Å². The zero-order valence-electron chi connectivity index (χ0n) is 15.2. The molecule has 1 amide bonds. The van der Waals surface area contributed by atoms with Crippen LogP contribution in [-0.4, -0.2) is 39.4 Å². The summed E-state index contributed by atoms with van der Waals surface area (Å²) in [5, 5.41) is 11.8. The number of benzene rings is 1. The van der Waals surface area contributed by atoms with Crippen molar-refractivity contribution >= 4 is 23.0 Å². The van der Waals surface area contributed by atoms with E-state index >= 15 is 0 Å². The Labute approximate surface area is 155 Å². The van der Waals surface area contributed by atoms with Gasteiger partial charge in [0.2, 0.25) is 0 Å². The molecule has 0 saturated carbocycles. The molecule has 0 radical (unpaired) electrons. The number of amides is 1. The Morgan fingerprint density at radius 1 is 1.37 bits per heavy atom. The minimum absolute atomic E-state index is 0.196. The standard InChI is InChI=1S/C18H23F3N4O2/c1-12(2)22-9-10-25-15-5-3-13(4-6-17(26)24-27)11-14(15)23-16(25)7-8-18(19,20)21/h3-6,11-12,22,27H,7-10H2,1-2H3,(H,24,26). The molecule has 27 heavy (non-hydrogen) atoms. The Balaban J connectivity index is 2.32. The van der Waals surface area contributed by atoms with E-state index in [1.165, 1.54) is 11.6 Å². The van der Waals surface area contributed by atoms with E-state index in [2.05, 4.69) is 10.3 Å². The van der Waals surface area contributed by atoms with Crippen LogP contribution in [-0.2, 0) is 17.8 Å². The number of hydrogen-bond donors (Lipinski definition) is 3. The van der Waals surface area contributed by atoms with Gasteiger partial charge in [0.15, 0.2) is 0 Å². The van der Waals surface area contributed by atoms with Gasteiger partial charge in [-0.25, -0.2) is 10.5 Å². The van der Waals surface area contributed by atoms with Crippen molar-refractivity contribution in [3.63, 3.8) is 0 Å². The fourth-order valence-electron chi connectivity index (χ4n) is 2.67. The molecule has 148 valence electrons. The van der Waals surface area contributed by atoms with Crippen molar-refractivity contribution in [2.45, 2.75) is 45.5 Å². The maximum absolute atomic E-state index is 12.6. The van der Waals surface area contributed by atoms with Gasteiger partial charge in [0, 0.05) is 31.6 Å². The van der Waals surface area contributed by atoms with Crippen molar-refractivity contribution in [3.05, 3.63) is 35.7 Å². The maximum Gasteiger partial charge on any atom is 0.389 e. The van der Waals surface area contributed by atoms with Crippen molar-refractivity contribution in [2.24, 2.45) is 0 Å². The summed E-state index contributed by atoms with van der Waals surface area (Å²) in [5.74, 6) is -0.298. The highest BCUT2D eigenvalue weighted by molar-refractivity contribution is 5.91. The van der Waals surface area contributed by atoms with Crippen LogP contribution >= 0.6 is 0 Å². The quantitative estimate of drug-likeness (QED) is 0.371. The second-order valence-corrected chi connectivity index (χ2v) is 6.46. The Hall–Kier alpha value is -2.39. The molecule has 3 N–H and O–H groups in total. The average molecular weight is 384 g/mol. The second kappa shape index (κ2) is 9.01. The van der Waals surface area contributed by atoms with E-state index in [1.807, 2.05) is 13.8 Å². The van der Waals surface area contributed by atoms with Gasteiger partial charge in [-0.1, -0.05) is 19.9 Å². The highest BCUT2D eigenvalue weighted by Gasteiger charge is 2.28. The molecule has 1 heterocycles. The zero-order chi connectivity index (χ0) is 20.0. The number of aryl methyl sites for hydroxylation is 1.